The van der Waals surface area contributed by atoms with E-state index in [1.807, 2.05) is 0 Å². The van der Waals surface area contributed by atoms with Gasteiger partial charge < -0.3 is 20.4 Å². The Morgan fingerprint density at radius 2 is 2.05 bits per heavy atom. The molecule has 0 radical (unpaired) electrons. The summed E-state index contributed by atoms with van der Waals surface area (Å²) >= 11 is 0. The number of nitrogens with one attached hydrogen (secondary N) is 2. The summed E-state index contributed by atoms with van der Waals surface area (Å²) in [4.78, 5) is 5.00. The minimum absolute atomic E-state index is 0.985. The smallest absolute Gasteiger partial charge is 0.0419 e. The molecule has 1 saturated heterocycles. The number of rotatable bonds is 6. The van der Waals surface area contributed by atoms with Crippen LogP contribution in [0.15, 0.2) is 18.2 Å². The van der Waals surface area contributed by atoms with E-state index in [0.29, 0.717) is 0 Å². The summed E-state index contributed by atoms with van der Waals surface area (Å²) in [5.41, 5.74) is 4.28. The van der Waals surface area contributed by atoms with Crippen molar-refractivity contribution in [1.82, 2.24) is 15.1 Å². The van der Waals surface area contributed by atoms with Gasteiger partial charge in [-0.3, -0.25) is 0 Å². The predicted molar refractivity (Wildman–Crippen MR) is 88.9 cm³/mol. The molecule has 0 bridgehead atoms. The SMILES string of the molecule is CN1CCN(CCCNCc2cccc3c2NCC3)CC1. The van der Waals surface area contributed by atoms with E-state index in [1.165, 1.54) is 62.4 Å². The molecule has 116 valence electrons. The maximum Gasteiger partial charge on any atom is 0.0419 e. The molecule has 0 amide bonds. The Hall–Kier alpha value is -1.10. The van der Waals surface area contributed by atoms with Gasteiger partial charge in [0.25, 0.3) is 0 Å². The molecule has 1 aromatic rings. The zero-order valence-corrected chi connectivity index (χ0v) is 13.2. The van der Waals surface area contributed by atoms with Gasteiger partial charge in [0.2, 0.25) is 0 Å². The van der Waals surface area contributed by atoms with Crippen LogP contribution in [0.1, 0.15) is 17.5 Å². The molecular weight excluding hydrogens is 260 g/mol. The van der Waals surface area contributed by atoms with Gasteiger partial charge in [0.15, 0.2) is 0 Å². The summed E-state index contributed by atoms with van der Waals surface area (Å²) in [6.45, 7) is 9.31. The Balaban J connectivity index is 1.35. The molecule has 0 atom stereocenters. The number of para-hydroxylation sites is 1. The minimum atomic E-state index is 0.985. The van der Waals surface area contributed by atoms with Crippen LogP contribution < -0.4 is 10.6 Å². The molecule has 0 unspecified atom stereocenters. The van der Waals surface area contributed by atoms with Gasteiger partial charge in [-0.05, 0) is 44.1 Å². The van der Waals surface area contributed by atoms with Gasteiger partial charge in [0, 0.05) is 45.0 Å². The highest BCUT2D eigenvalue weighted by molar-refractivity contribution is 5.61. The van der Waals surface area contributed by atoms with E-state index < -0.39 is 0 Å². The van der Waals surface area contributed by atoms with Crippen molar-refractivity contribution in [2.75, 3.05) is 58.2 Å². The summed E-state index contributed by atoms with van der Waals surface area (Å²) in [5, 5.41) is 7.12. The third kappa shape index (κ3) is 3.96. The lowest BCUT2D eigenvalue weighted by atomic mass is 10.1. The summed E-state index contributed by atoms with van der Waals surface area (Å²) in [7, 11) is 2.21. The molecule has 0 aromatic heterocycles. The maximum absolute atomic E-state index is 3.60. The van der Waals surface area contributed by atoms with Gasteiger partial charge >= 0.3 is 0 Å². The summed E-state index contributed by atoms with van der Waals surface area (Å²) in [5.74, 6) is 0. The van der Waals surface area contributed by atoms with Crippen molar-refractivity contribution in [2.24, 2.45) is 0 Å². The lowest BCUT2D eigenvalue weighted by molar-refractivity contribution is 0.153. The lowest BCUT2D eigenvalue weighted by Crippen LogP contribution is -2.45. The molecule has 2 N–H and O–H groups in total. The number of likely N-dealkylation sites (N-methyl/N-ethyl adjacent to an activating group) is 1. The van der Waals surface area contributed by atoms with Crippen LogP contribution in [0.3, 0.4) is 0 Å². The molecule has 2 heterocycles. The van der Waals surface area contributed by atoms with Crippen LogP contribution in [0.25, 0.3) is 0 Å². The molecule has 2 aliphatic heterocycles. The maximum atomic E-state index is 3.60. The second-order valence-electron chi connectivity index (χ2n) is 6.30. The van der Waals surface area contributed by atoms with Crippen molar-refractivity contribution in [1.29, 1.82) is 0 Å². The second kappa shape index (κ2) is 7.25. The minimum Gasteiger partial charge on any atom is -0.384 e. The van der Waals surface area contributed by atoms with E-state index >= 15 is 0 Å². The van der Waals surface area contributed by atoms with Gasteiger partial charge in [-0.2, -0.15) is 0 Å². The number of hydrogen-bond acceptors (Lipinski definition) is 4. The molecule has 4 heteroatoms. The van der Waals surface area contributed by atoms with E-state index in [9.17, 15) is 0 Å². The Labute approximate surface area is 128 Å². The number of nitrogens with zero attached hydrogens (tertiary/aromatic N) is 2. The van der Waals surface area contributed by atoms with E-state index in [4.69, 9.17) is 0 Å². The fraction of sp³-hybridized carbons (Fsp3) is 0.647. The first-order valence-electron chi connectivity index (χ1n) is 8.29. The Morgan fingerprint density at radius 1 is 1.19 bits per heavy atom. The van der Waals surface area contributed by atoms with Crippen LogP contribution in [-0.4, -0.2) is 62.7 Å². The third-order valence-corrected chi connectivity index (χ3v) is 4.67. The van der Waals surface area contributed by atoms with Gasteiger partial charge in [0.1, 0.15) is 0 Å². The molecule has 2 aliphatic rings. The Bertz CT molecular complexity index is 452. The van der Waals surface area contributed by atoms with Gasteiger partial charge in [0.05, 0.1) is 0 Å². The molecule has 1 aromatic carbocycles. The van der Waals surface area contributed by atoms with E-state index in [1.54, 1.807) is 0 Å². The topological polar surface area (TPSA) is 30.5 Å². The van der Waals surface area contributed by atoms with Crippen LogP contribution in [0.4, 0.5) is 5.69 Å². The Morgan fingerprint density at radius 3 is 2.90 bits per heavy atom. The molecule has 3 rings (SSSR count). The van der Waals surface area contributed by atoms with Crippen LogP contribution in [0.2, 0.25) is 0 Å². The predicted octanol–water partition coefficient (Wildman–Crippen LogP) is 1.38. The highest BCUT2D eigenvalue weighted by Gasteiger charge is 2.14. The molecule has 0 aliphatic carbocycles. The van der Waals surface area contributed by atoms with Gasteiger partial charge in [-0.15, -0.1) is 0 Å². The number of fused-ring (bicyclic) bond motifs is 1. The fourth-order valence-electron chi connectivity index (χ4n) is 3.28. The zero-order chi connectivity index (χ0) is 14.5. The lowest BCUT2D eigenvalue weighted by Gasteiger charge is -2.32. The van der Waals surface area contributed by atoms with Gasteiger partial charge in [-0.1, -0.05) is 18.2 Å². The molecule has 21 heavy (non-hydrogen) atoms. The molecule has 0 spiro atoms. The number of benzene rings is 1. The Kier molecular flexibility index (Phi) is 5.12. The van der Waals surface area contributed by atoms with Crippen molar-refractivity contribution in [2.45, 2.75) is 19.4 Å². The first-order valence-corrected chi connectivity index (χ1v) is 8.29. The van der Waals surface area contributed by atoms with Crippen LogP contribution in [0.5, 0.6) is 0 Å². The van der Waals surface area contributed by atoms with Crippen molar-refractivity contribution >= 4 is 5.69 Å². The highest BCUT2D eigenvalue weighted by atomic mass is 15.2. The molecular formula is C17H28N4. The monoisotopic (exact) mass is 288 g/mol. The fourth-order valence-corrected chi connectivity index (χ4v) is 3.28. The quantitative estimate of drug-likeness (QED) is 0.774. The molecule has 4 nitrogen and oxygen atoms in total. The summed E-state index contributed by atoms with van der Waals surface area (Å²) < 4.78 is 0. The van der Waals surface area contributed by atoms with E-state index in [2.05, 4.69) is 45.7 Å². The van der Waals surface area contributed by atoms with Crippen molar-refractivity contribution in [3.63, 3.8) is 0 Å². The number of anilines is 1. The standard InChI is InChI=1S/C17H28N4/c1-20-10-12-21(13-11-20)9-3-7-18-14-16-5-2-4-15-6-8-19-17(15)16/h2,4-5,18-19H,3,6-14H2,1H3. The highest BCUT2D eigenvalue weighted by Crippen LogP contribution is 2.26. The van der Waals surface area contributed by atoms with Crippen LogP contribution in [0, 0.1) is 0 Å². The summed E-state index contributed by atoms with van der Waals surface area (Å²) in [6.07, 6.45) is 2.42. The second-order valence-corrected chi connectivity index (χ2v) is 6.30. The number of hydrogen-bond donors (Lipinski definition) is 2. The van der Waals surface area contributed by atoms with Crippen molar-refractivity contribution in [3.05, 3.63) is 29.3 Å². The first-order chi connectivity index (χ1) is 10.3. The molecule has 0 saturated carbocycles. The third-order valence-electron chi connectivity index (χ3n) is 4.67. The first kappa shape index (κ1) is 14.8. The van der Waals surface area contributed by atoms with E-state index in [-0.39, 0.29) is 0 Å². The molecule has 1 fully saturated rings. The largest absolute Gasteiger partial charge is 0.384 e. The average Bonchev–Trinajstić information content (AvgIpc) is 2.98. The van der Waals surface area contributed by atoms with E-state index in [0.717, 1.165) is 19.6 Å². The number of piperazine rings is 1. The van der Waals surface area contributed by atoms with Crippen LogP contribution in [-0.2, 0) is 13.0 Å². The zero-order valence-electron chi connectivity index (χ0n) is 13.2. The average molecular weight is 288 g/mol. The van der Waals surface area contributed by atoms with Gasteiger partial charge in [-0.25, -0.2) is 0 Å². The summed E-state index contributed by atoms with van der Waals surface area (Å²) in [6, 6.07) is 6.67. The van der Waals surface area contributed by atoms with Crippen molar-refractivity contribution < 1.29 is 0 Å². The normalized spacial score (nSPS) is 19.5. The van der Waals surface area contributed by atoms with Crippen LogP contribution >= 0.6 is 0 Å². The van der Waals surface area contributed by atoms with Crippen molar-refractivity contribution in [3.8, 4) is 0 Å².